The predicted molar refractivity (Wildman–Crippen MR) is 74.1 cm³/mol. The Kier molecular flexibility index (Phi) is 3.53. The fourth-order valence-electron chi connectivity index (χ4n) is 2.42. The van der Waals surface area contributed by atoms with Gasteiger partial charge in [-0.1, -0.05) is 19.9 Å². The summed E-state index contributed by atoms with van der Waals surface area (Å²) in [6, 6.07) is 5.85. The van der Waals surface area contributed by atoms with Crippen molar-refractivity contribution in [3.05, 3.63) is 45.2 Å². The molecule has 0 bridgehead atoms. The number of aromatic nitrogens is 1. The SMILES string of the molecule is COCc1ccc2[nH]c(C)c(C(C)C)c(=O)c2c1. The summed E-state index contributed by atoms with van der Waals surface area (Å²) in [5, 5.41) is 0.749. The minimum atomic E-state index is 0.134. The van der Waals surface area contributed by atoms with Gasteiger partial charge in [-0.2, -0.15) is 0 Å². The lowest BCUT2D eigenvalue weighted by Crippen LogP contribution is -2.14. The molecule has 96 valence electrons. The van der Waals surface area contributed by atoms with E-state index >= 15 is 0 Å². The highest BCUT2D eigenvalue weighted by molar-refractivity contribution is 5.80. The molecule has 18 heavy (non-hydrogen) atoms. The zero-order chi connectivity index (χ0) is 13.3. The minimum Gasteiger partial charge on any atom is -0.380 e. The Morgan fingerprint density at radius 2 is 2.06 bits per heavy atom. The van der Waals surface area contributed by atoms with Crippen LogP contribution in [0.15, 0.2) is 23.0 Å². The summed E-state index contributed by atoms with van der Waals surface area (Å²) in [6.07, 6.45) is 0. The molecule has 3 nitrogen and oxygen atoms in total. The molecular formula is C15H19NO2. The summed E-state index contributed by atoms with van der Waals surface area (Å²) in [4.78, 5) is 15.8. The van der Waals surface area contributed by atoms with Crippen molar-refractivity contribution in [2.24, 2.45) is 0 Å². The maximum absolute atomic E-state index is 12.5. The fourth-order valence-corrected chi connectivity index (χ4v) is 2.42. The van der Waals surface area contributed by atoms with E-state index in [1.54, 1.807) is 7.11 Å². The van der Waals surface area contributed by atoms with Gasteiger partial charge in [-0.05, 0) is 30.5 Å². The van der Waals surface area contributed by atoms with Crippen LogP contribution in [0.3, 0.4) is 0 Å². The number of fused-ring (bicyclic) bond motifs is 1. The summed E-state index contributed by atoms with van der Waals surface area (Å²) in [5.74, 6) is 0.226. The Bertz CT molecular complexity index is 626. The van der Waals surface area contributed by atoms with Crippen molar-refractivity contribution in [1.82, 2.24) is 4.98 Å². The predicted octanol–water partition coefficient (Wildman–Crippen LogP) is 3.11. The van der Waals surface area contributed by atoms with Crippen LogP contribution >= 0.6 is 0 Å². The number of pyridine rings is 1. The van der Waals surface area contributed by atoms with Gasteiger partial charge in [-0.15, -0.1) is 0 Å². The van der Waals surface area contributed by atoms with Crippen LogP contribution in [0.4, 0.5) is 0 Å². The van der Waals surface area contributed by atoms with Gasteiger partial charge in [-0.3, -0.25) is 4.79 Å². The molecule has 0 aliphatic heterocycles. The first-order chi connectivity index (χ1) is 8.54. The maximum atomic E-state index is 12.5. The molecule has 1 aromatic carbocycles. The molecule has 0 atom stereocenters. The number of benzene rings is 1. The van der Waals surface area contributed by atoms with Crippen LogP contribution in [0.2, 0.25) is 0 Å². The monoisotopic (exact) mass is 245 g/mol. The Labute approximate surface area is 107 Å². The number of hydrogen-bond acceptors (Lipinski definition) is 2. The molecule has 0 unspecified atom stereocenters. The van der Waals surface area contributed by atoms with Crippen molar-refractivity contribution in [2.45, 2.75) is 33.3 Å². The van der Waals surface area contributed by atoms with Gasteiger partial charge >= 0.3 is 0 Å². The van der Waals surface area contributed by atoms with E-state index in [1.807, 2.05) is 39.0 Å². The molecule has 0 aliphatic carbocycles. The summed E-state index contributed by atoms with van der Waals surface area (Å²) in [7, 11) is 1.66. The Balaban J connectivity index is 2.73. The minimum absolute atomic E-state index is 0.134. The quantitative estimate of drug-likeness (QED) is 0.902. The molecule has 1 heterocycles. The van der Waals surface area contributed by atoms with Crippen molar-refractivity contribution < 1.29 is 4.74 Å². The topological polar surface area (TPSA) is 42.1 Å². The van der Waals surface area contributed by atoms with E-state index in [2.05, 4.69) is 4.98 Å². The van der Waals surface area contributed by atoms with E-state index in [0.29, 0.717) is 6.61 Å². The highest BCUT2D eigenvalue weighted by Crippen LogP contribution is 2.19. The fraction of sp³-hybridized carbons (Fsp3) is 0.400. The van der Waals surface area contributed by atoms with Crippen molar-refractivity contribution in [1.29, 1.82) is 0 Å². The van der Waals surface area contributed by atoms with Crippen LogP contribution in [0.5, 0.6) is 0 Å². The first-order valence-electron chi connectivity index (χ1n) is 6.19. The Morgan fingerprint density at radius 1 is 1.33 bits per heavy atom. The number of ether oxygens (including phenoxy) is 1. The van der Waals surface area contributed by atoms with Gasteiger partial charge in [0.2, 0.25) is 0 Å². The van der Waals surface area contributed by atoms with Gasteiger partial charge in [0, 0.05) is 29.3 Å². The van der Waals surface area contributed by atoms with E-state index < -0.39 is 0 Å². The third-order valence-corrected chi connectivity index (χ3v) is 3.19. The standard InChI is InChI=1S/C15H19NO2/c1-9(2)14-10(3)16-13-6-5-11(8-18-4)7-12(13)15(14)17/h5-7,9H,8H2,1-4H3,(H,16,17). The van der Waals surface area contributed by atoms with Crippen LogP contribution in [0.1, 0.15) is 36.6 Å². The highest BCUT2D eigenvalue weighted by atomic mass is 16.5. The highest BCUT2D eigenvalue weighted by Gasteiger charge is 2.12. The zero-order valence-corrected chi connectivity index (χ0v) is 11.3. The number of methoxy groups -OCH3 is 1. The van der Waals surface area contributed by atoms with Crippen molar-refractivity contribution in [3.63, 3.8) is 0 Å². The number of aromatic amines is 1. The molecule has 0 radical (unpaired) electrons. The largest absolute Gasteiger partial charge is 0.380 e. The average molecular weight is 245 g/mol. The second-order valence-corrected chi connectivity index (χ2v) is 4.96. The van der Waals surface area contributed by atoms with Gasteiger partial charge in [-0.25, -0.2) is 0 Å². The Morgan fingerprint density at radius 3 is 2.67 bits per heavy atom. The van der Waals surface area contributed by atoms with E-state index in [9.17, 15) is 4.79 Å². The lowest BCUT2D eigenvalue weighted by Gasteiger charge is -2.11. The molecule has 0 spiro atoms. The molecule has 0 saturated heterocycles. The number of rotatable bonds is 3. The number of aryl methyl sites for hydroxylation is 1. The molecule has 3 heteroatoms. The lowest BCUT2D eigenvalue weighted by atomic mass is 9.98. The second kappa shape index (κ2) is 4.94. The van der Waals surface area contributed by atoms with E-state index in [4.69, 9.17) is 4.74 Å². The zero-order valence-electron chi connectivity index (χ0n) is 11.3. The van der Waals surface area contributed by atoms with Crippen LogP contribution in [0, 0.1) is 6.92 Å². The number of hydrogen-bond donors (Lipinski definition) is 1. The van der Waals surface area contributed by atoms with Crippen molar-refractivity contribution in [2.75, 3.05) is 7.11 Å². The molecule has 0 amide bonds. The van der Waals surface area contributed by atoms with E-state index in [-0.39, 0.29) is 11.3 Å². The molecular weight excluding hydrogens is 226 g/mol. The second-order valence-electron chi connectivity index (χ2n) is 4.96. The summed E-state index contributed by atoms with van der Waals surface area (Å²) in [5.41, 5.74) is 3.88. The van der Waals surface area contributed by atoms with Crippen molar-refractivity contribution in [3.8, 4) is 0 Å². The average Bonchev–Trinajstić information content (AvgIpc) is 2.30. The van der Waals surface area contributed by atoms with Gasteiger partial charge in [0.25, 0.3) is 0 Å². The van der Waals surface area contributed by atoms with E-state index in [0.717, 1.165) is 27.7 Å². The third kappa shape index (κ3) is 2.18. The molecule has 1 aromatic heterocycles. The third-order valence-electron chi connectivity index (χ3n) is 3.19. The molecule has 0 saturated carbocycles. The van der Waals surface area contributed by atoms with Crippen LogP contribution < -0.4 is 5.43 Å². The van der Waals surface area contributed by atoms with E-state index in [1.165, 1.54) is 0 Å². The summed E-state index contributed by atoms with van der Waals surface area (Å²) in [6.45, 7) is 6.57. The lowest BCUT2D eigenvalue weighted by molar-refractivity contribution is 0.185. The Hall–Kier alpha value is -1.61. The summed E-state index contributed by atoms with van der Waals surface area (Å²) < 4.78 is 5.11. The normalized spacial score (nSPS) is 11.4. The van der Waals surface area contributed by atoms with Crippen LogP contribution in [-0.4, -0.2) is 12.1 Å². The van der Waals surface area contributed by atoms with Crippen molar-refractivity contribution >= 4 is 10.9 Å². The number of H-pyrrole nitrogens is 1. The molecule has 0 fully saturated rings. The first-order valence-corrected chi connectivity index (χ1v) is 6.19. The van der Waals surface area contributed by atoms with Gasteiger partial charge < -0.3 is 9.72 Å². The molecule has 0 aliphatic rings. The first kappa shape index (κ1) is 12.8. The maximum Gasteiger partial charge on any atom is 0.193 e. The molecule has 2 rings (SSSR count). The number of nitrogens with one attached hydrogen (secondary N) is 1. The molecule has 1 N–H and O–H groups in total. The van der Waals surface area contributed by atoms with Gasteiger partial charge in [0.1, 0.15) is 0 Å². The van der Waals surface area contributed by atoms with Gasteiger partial charge in [0.15, 0.2) is 5.43 Å². The molecule has 2 aromatic rings. The summed E-state index contributed by atoms with van der Waals surface area (Å²) >= 11 is 0. The van der Waals surface area contributed by atoms with Gasteiger partial charge in [0.05, 0.1) is 6.61 Å². The smallest absolute Gasteiger partial charge is 0.193 e. The van der Waals surface area contributed by atoms with Crippen LogP contribution in [0.25, 0.3) is 10.9 Å². The van der Waals surface area contributed by atoms with Crippen LogP contribution in [-0.2, 0) is 11.3 Å².